The summed E-state index contributed by atoms with van der Waals surface area (Å²) in [4.78, 5) is 28.8. The summed E-state index contributed by atoms with van der Waals surface area (Å²) in [6.07, 6.45) is 7.28. The molecule has 12 heteroatoms. The molecule has 0 spiro atoms. The molecule has 0 fully saturated rings. The molecule has 0 radical (unpaired) electrons. The molecule has 3 aromatic rings. The molecule has 3 N–H and O–H groups in total. The van der Waals surface area contributed by atoms with Gasteiger partial charge in [-0.05, 0) is 44.0 Å². The van der Waals surface area contributed by atoms with Crippen molar-refractivity contribution >= 4 is 27.6 Å². The number of nitrogens with zero attached hydrogens (tertiary/aromatic N) is 4. The molecule has 0 bridgehead atoms. The van der Waals surface area contributed by atoms with Gasteiger partial charge < -0.3 is 15.4 Å². The van der Waals surface area contributed by atoms with Crippen LogP contribution in [0, 0.1) is 0 Å². The Balaban J connectivity index is 1.36. The van der Waals surface area contributed by atoms with Crippen molar-refractivity contribution in [2.75, 3.05) is 18.7 Å². The van der Waals surface area contributed by atoms with Gasteiger partial charge in [-0.2, -0.15) is 0 Å². The molecule has 1 aliphatic heterocycles. The lowest BCUT2D eigenvalue weighted by atomic mass is 10.0. The first-order chi connectivity index (χ1) is 19.1. The minimum Gasteiger partial charge on any atom is -0.497 e. The molecular formula is C28H37N7O4S. The average molecular weight is 568 g/mol. The number of carbonyl (C=O) groups excluding carboxylic acids is 1. The van der Waals surface area contributed by atoms with Crippen LogP contribution >= 0.6 is 0 Å². The van der Waals surface area contributed by atoms with Crippen LogP contribution in [0.4, 0.5) is 11.6 Å². The lowest BCUT2D eigenvalue weighted by Crippen LogP contribution is -2.40. The smallest absolute Gasteiger partial charge is 0.251 e. The molecule has 3 heterocycles. The Labute approximate surface area is 235 Å². The lowest BCUT2D eigenvalue weighted by Gasteiger charge is -2.30. The van der Waals surface area contributed by atoms with E-state index in [2.05, 4.69) is 37.1 Å². The van der Waals surface area contributed by atoms with Crippen LogP contribution < -0.4 is 20.1 Å². The van der Waals surface area contributed by atoms with Crippen molar-refractivity contribution in [1.29, 1.82) is 0 Å². The minimum atomic E-state index is -3.35. The van der Waals surface area contributed by atoms with Crippen molar-refractivity contribution < 1.29 is 17.9 Å². The van der Waals surface area contributed by atoms with Crippen molar-refractivity contribution in [3.8, 4) is 5.75 Å². The number of sulfonamides is 1. The maximum Gasteiger partial charge on any atom is 0.251 e. The number of fused-ring (bicyclic) bond motifs is 1. The van der Waals surface area contributed by atoms with Gasteiger partial charge in [0.25, 0.3) is 5.91 Å². The van der Waals surface area contributed by atoms with Crippen LogP contribution in [0.2, 0.25) is 0 Å². The number of aromatic nitrogens is 3. The highest BCUT2D eigenvalue weighted by Gasteiger charge is 2.28. The Bertz CT molecular complexity index is 1430. The minimum absolute atomic E-state index is 0.0310. The fourth-order valence-electron chi connectivity index (χ4n) is 4.80. The predicted molar refractivity (Wildman–Crippen MR) is 154 cm³/mol. The summed E-state index contributed by atoms with van der Waals surface area (Å²) in [6.45, 7) is 5.69. The summed E-state index contributed by atoms with van der Waals surface area (Å²) >= 11 is 0. The first kappa shape index (κ1) is 29.4. The van der Waals surface area contributed by atoms with Crippen LogP contribution in [0.1, 0.15) is 60.4 Å². The SMILES string of the molecule is CCC[C@@H](C[C@@H](C)NC(=O)c1ccnc(CNS(C)(=O)=O)c1)N1Cc2cnc(Nc3cccc(OC)c3)nc2C1. The van der Waals surface area contributed by atoms with E-state index in [4.69, 9.17) is 9.72 Å². The van der Waals surface area contributed by atoms with E-state index in [1.165, 1.54) is 6.20 Å². The summed E-state index contributed by atoms with van der Waals surface area (Å²) in [6, 6.07) is 11.1. The largest absolute Gasteiger partial charge is 0.497 e. The number of hydrogen-bond donors (Lipinski definition) is 3. The first-order valence-corrected chi connectivity index (χ1v) is 15.2. The Morgan fingerprint density at radius 2 is 2.00 bits per heavy atom. The topological polar surface area (TPSA) is 138 Å². The summed E-state index contributed by atoms with van der Waals surface area (Å²) in [5.41, 5.74) is 3.90. The van der Waals surface area contributed by atoms with Gasteiger partial charge in [-0.15, -0.1) is 0 Å². The highest BCUT2D eigenvalue weighted by atomic mass is 32.2. The van der Waals surface area contributed by atoms with E-state index in [0.29, 0.717) is 17.2 Å². The van der Waals surface area contributed by atoms with E-state index in [1.54, 1.807) is 19.2 Å². The Morgan fingerprint density at radius 3 is 2.75 bits per heavy atom. The summed E-state index contributed by atoms with van der Waals surface area (Å²) in [5.74, 6) is 1.09. The van der Waals surface area contributed by atoms with Crippen LogP contribution in [0.25, 0.3) is 0 Å². The van der Waals surface area contributed by atoms with Crippen LogP contribution in [0.3, 0.4) is 0 Å². The van der Waals surface area contributed by atoms with Crippen molar-refractivity contribution in [2.45, 2.75) is 64.8 Å². The monoisotopic (exact) mass is 567 g/mol. The predicted octanol–water partition coefficient (Wildman–Crippen LogP) is 3.37. The van der Waals surface area contributed by atoms with E-state index < -0.39 is 10.0 Å². The Kier molecular flexibility index (Phi) is 9.67. The van der Waals surface area contributed by atoms with E-state index >= 15 is 0 Å². The number of anilines is 2. The van der Waals surface area contributed by atoms with Crippen molar-refractivity contribution in [2.24, 2.45) is 0 Å². The van der Waals surface area contributed by atoms with Gasteiger partial charge in [0.15, 0.2) is 0 Å². The molecule has 2 aromatic heterocycles. The van der Waals surface area contributed by atoms with E-state index in [1.807, 2.05) is 37.4 Å². The van der Waals surface area contributed by atoms with Gasteiger partial charge in [-0.25, -0.2) is 23.1 Å². The molecule has 0 saturated heterocycles. The normalized spacial score (nSPS) is 14.8. The molecule has 1 aliphatic rings. The molecule has 0 aliphatic carbocycles. The van der Waals surface area contributed by atoms with Gasteiger partial charge in [0, 0.05) is 60.4 Å². The van der Waals surface area contributed by atoms with Gasteiger partial charge in [0.1, 0.15) is 5.75 Å². The number of benzene rings is 1. The van der Waals surface area contributed by atoms with Gasteiger partial charge in [-0.3, -0.25) is 14.7 Å². The summed E-state index contributed by atoms with van der Waals surface area (Å²) in [7, 11) is -1.72. The zero-order valence-electron chi connectivity index (χ0n) is 23.3. The molecule has 40 heavy (non-hydrogen) atoms. The van der Waals surface area contributed by atoms with Crippen molar-refractivity contribution in [3.05, 3.63) is 71.3 Å². The average Bonchev–Trinajstić information content (AvgIpc) is 3.35. The molecule has 1 amide bonds. The summed E-state index contributed by atoms with van der Waals surface area (Å²) < 4.78 is 30.5. The van der Waals surface area contributed by atoms with Crippen molar-refractivity contribution in [1.82, 2.24) is 29.9 Å². The van der Waals surface area contributed by atoms with Crippen molar-refractivity contribution in [3.63, 3.8) is 0 Å². The summed E-state index contributed by atoms with van der Waals surface area (Å²) in [5, 5.41) is 6.35. The van der Waals surface area contributed by atoms with Gasteiger partial charge >= 0.3 is 0 Å². The van der Waals surface area contributed by atoms with E-state index in [9.17, 15) is 13.2 Å². The standard InChI is InChI=1S/C28H37N7O4S/c1-5-7-24(12-19(2)32-27(36)20-10-11-29-23(13-20)16-31-40(4,37)38)35-17-21-15-30-28(34-26(21)18-35)33-22-8-6-9-25(14-22)39-3/h6,8-11,13-15,19,24,31H,5,7,12,16-18H2,1-4H3,(H,32,36)(H,30,33,34)/t19-,24+/m1/s1. The van der Waals surface area contributed by atoms with E-state index in [0.717, 1.165) is 61.3 Å². The lowest BCUT2D eigenvalue weighted by molar-refractivity contribution is 0.0923. The molecule has 4 rings (SSSR count). The molecule has 2 atom stereocenters. The number of methoxy groups -OCH3 is 1. The molecular weight excluding hydrogens is 530 g/mol. The number of hydrogen-bond acceptors (Lipinski definition) is 9. The fraction of sp³-hybridized carbons (Fsp3) is 0.429. The molecule has 1 aromatic carbocycles. The zero-order valence-corrected chi connectivity index (χ0v) is 24.2. The molecule has 11 nitrogen and oxygen atoms in total. The zero-order chi connectivity index (χ0) is 28.7. The third-order valence-corrected chi connectivity index (χ3v) is 7.41. The van der Waals surface area contributed by atoms with Crippen LogP contribution in [-0.4, -0.2) is 59.6 Å². The highest BCUT2D eigenvalue weighted by molar-refractivity contribution is 7.88. The number of carbonyl (C=O) groups is 1. The molecule has 0 saturated carbocycles. The van der Waals surface area contributed by atoms with Crippen LogP contribution in [0.15, 0.2) is 48.8 Å². The Hall–Kier alpha value is -3.61. The third kappa shape index (κ3) is 8.20. The van der Waals surface area contributed by atoms with E-state index in [-0.39, 0.29) is 24.5 Å². The third-order valence-electron chi connectivity index (χ3n) is 6.74. The number of nitrogens with one attached hydrogen (secondary N) is 3. The van der Waals surface area contributed by atoms with Gasteiger partial charge in [0.2, 0.25) is 16.0 Å². The number of pyridine rings is 1. The Morgan fingerprint density at radius 1 is 1.18 bits per heavy atom. The quantitative estimate of drug-likeness (QED) is 0.284. The number of rotatable bonds is 13. The second-order valence-electron chi connectivity index (χ2n) is 10.1. The van der Waals surface area contributed by atoms with Crippen LogP contribution in [-0.2, 0) is 29.7 Å². The van der Waals surface area contributed by atoms with Gasteiger partial charge in [-0.1, -0.05) is 19.4 Å². The maximum absolute atomic E-state index is 13.0. The second-order valence-corrected chi connectivity index (χ2v) is 11.9. The fourth-order valence-corrected chi connectivity index (χ4v) is 5.21. The van der Waals surface area contributed by atoms with Crippen LogP contribution in [0.5, 0.6) is 5.75 Å². The molecule has 0 unspecified atom stereocenters. The second kappa shape index (κ2) is 13.2. The highest BCUT2D eigenvalue weighted by Crippen LogP contribution is 2.28. The maximum atomic E-state index is 13.0. The number of ether oxygens (including phenoxy) is 1. The van der Waals surface area contributed by atoms with Gasteiger partial charge in [0.05, 0.1) is 31.3 Å². The molecule has 214 valence electrons. The number of amides is 1. The first-order valence-electron chi connectivity index (χ1n) is 13.3.